The monoisotopic (exact) mass is 1440 g/mol. The molecule has 4 aromatic carbocycles. The van der Waals surface area contributed by atoms with Gasteiger partial charge in [-0.15, -0.1) is 46.5 Å². The van der Waals surface area contributed by atoms with E-state index < -0.39 is 0 Å². The zero-order chi connectivity index (χ0) is 56.5. The molecular formula is C72H90O6Pt2. The molecule has 0 saturated heterocycles. The van der Waals surface area contributed by atoms with Crippen LogP contribution in [-0.2, 0) is 42.1 Å². The summed E-state index contributed by atoms with van der Waals surface area (Å²) < 4.78 is 36.5. The molecule has 0 fully saturated rings. The van der Waals surface area contributed by atoms with Crippen molar-refractivity contribution in [2.24, 2.45) is 0 Å². The zero-order valence-corrected chi connectivity index (χ0v) is 53.8. The average molecular weight is 1440 g/mol. The molecule has 0 bridgehead atoms. The van der Waals surface area contributed by atoms with Crippen LogP contribution in [0.5, 0.6) is 34.5 Å². The van der Waals surface area contributed by atoms with E-state index in [0.717, 1.165) is 60.8 Å². The SMILES string of the molecule is [C-]#Cc1cc(OCCCCCC)c(OCCCCCC)c(OCCCCCC)c1.[C-]#Cc1cc(OCCCCCC)c(OCCCCCC)c(OCCCCCC)c1.[C-]#Cc1ccc(C#CC#Cc2ccc(C#[C-])cc2)cc1.[Pt+2].[Pt+2]. The molecular weight excluding hydrogens is 1350 g/mol. The van der Waals surface area contributed by atoms with Gasteiger partial charge in [0.1, 0.15) is 23.0 Å². The molecule has 0 saturated carbocycles. The van der Waals surface area contributed by atoms with Gasteiger partial charge in [0.2, 0.25) is 0 Å². The smallest absolute Gasteiger partial charge is 0.491 e. The molecule has 0 radical (unpaired) electrons. The summed E-state index contributed by atoms with van der Waals surface area (Å²) in [5, 5.41) is 0. The fourth-order valence-corrected chi connectivity index (χ4v) is 7.74. The van der Waals surface area contributed by atoms with Gasteiger partial charge in [-0.3, -0.25) is 23.7 Å². The Balaban J connectivity index is 0.00000117. The maximum atomic E-state index is 7.56. The molecule has 0 aliphatic heterocycles. The normalized spacial score (nSPS) is 9.68. The first-order valence-corrected chi connectivity index (χ1v) is 29.4. The maximum Gasteiger partial charge on any atom is 2.00 e. The van der Waals surface area contributed by atoms with Gasteiger partial charge in [-0.25, -0.2) is 0 Å². The van der Waals surface area contributed by atoms with Crippen LogP contribution in [0.4, 0.5) is 0 Å². The van der Waals surface area contributed by atoms with Crippen molar-refractivity contribution in [1.82, 2.24) is 0 Å². The van der Waals surface area contributed by atoms with Gasteiger partial charge in [0.25, 0.3) is 0 Å². The van der Waals surface area contributed by atoms with Crippen LogP contribution in [0.1, 0.15) is 229 Å². The van der Waals surface area contributed by atoms with Crippen LogP contribution in [0.2, 0.25) is 0 Å². The van der Waals surface area contributed by atoms with Crippen LogP contribution < -0.4 is 28.4 Å². The van der Waals surface area contributed by atoms with E-state index in [1.165, 1.54) is 116 Å². The van der Waals surface area contributed by atoms with E-state index in [1.54, 1.807) is 24.3 Å². The quantitative estimate of drug-likeness (QED) is 0.0257. The van der Waals surface area contributed by atoms with E-state index in [0.29, 0.717) is 85.3 Å². The molecule has 0 unspecified atom stereocenters. The summed E-state index contributed by atoms with van der Waals surface area (Å²) in [7, 11) is 0. The van der Waals surface area contributed by atoms with E-state index in [9.17, 15) is 0 Å². The summed E-state index contributed by atoms with van der Waals surface area (Å²) in [4.78, 5) is 0. The Labute approximate surface area is 516 Å². The number of unbranched alkanes of at least 4 members (excludes halogenated alkanes) is 18. The molecule has 0 aromatic heterocycles. The van der Waals surface area contributed by atoms with Crippen molar-refractivity contribution >= 4 is 0 Å². The summed E-state index contributed by atoms with van der Waals surface area (Å²) >= 11 is 0. The first kappa shape index (κ1) is 74.4. The fraction of sp³-hybridized carbons (Fsp3) is 0.500. The van der Waals surface area contributed by atoms with Gasteiger partial charge in [-0.05, 0) is 50.4 Å². The number of ether oxygens (including phenoxy) is 6. The Hall–Kier alpha value is -5.58. The summed E-state index contributed by atoms with van der Waals surface area (Å²) in [6.45, 7) is 17.2. The molecule has 0 N–H and O–H groups in total. The van der Waals surface area contributed by atoms with Crippen LogP contribution in [0.25, 0.3) is 0 Å². The van der Waals surface area contributed by atoms with Crippen molar-refractivity contribution in [1.29, 1.82) is 0 Å². The molecule has 0 aliphatic rings. The minimum atomic E-state index is 0. The maximum absolute atomic E-state index is 7.56. The number of benzene rings is 4. The van der Waals surface area contributed by atoms with Gasteiger partial charge in [-0.2, -0.15) is 0 Å². The Morgan fingerprint density at radius 1 is 0.275 bits per heavy atom. The summed E-state index contributed by atoms with van der Waals surface area (Å²) in [5.74, 6) is 25.1. The van der Waals surface area contributed by atoms with Crippen molar-refractivity contribution < 1.29 is 70.6 Å². The number of hydrogen-bond acceptors (Lipinski definition) is 6. The van der Waals surface area contributed by atoms with Crippen LogP contribution in [0.3, 0.4) is 0 Å². The second kappa shape index (κ2) is 51.6. The molecule has 0 amide bonds. The minimum absolute atomic E-state index is 0. The zero-order valence-electron chi connectivity index (χ0n) is 49.2. The van der Waals surface area contributed by atoms with Crippen LogP contribution in [-0.4, -0.2) is 39.6 Å². The Morgan fingerprint density at radius 2 is 0.487 bits per heavy atom. The summed E-state index contributed by atoms with van der Waals surface area (Å²) in [6.07, 6.45) is 56.9. The molecule has 0 aliphatic carbocycles. The van der Waals surface area contributed by atoms with Crippen LogP contribution in [0, 0.1) is 73.1 Å². The van der Waals surface area contributed by atoms with Gasteiger partial charge < -0.3 is 54.1 Å². The fourth-order valence-electron chi connectivity index (χ4n) is 7.74. The van der Waals surface area contributed by atoms with Crippen LogP contribution in [0.15, 0.2) is 72.8 Å². The Kier molecular flexibility index (Phi) is 48.0. The average Bonchev–Trinajstić information content (AvgIpc) is 3.47. The Bertz CT molecular complexity index is 2270. The minimum Gasteiger partial charge on any atom is -0.491 e. The van der Waals surface area contributed by atoms with Gasteiger partial charge in [0, 0.05) is 11.1 Å². The van der Waals surface area contributed by atoms with E-state index >= 15 is 0 Å². The second-order valence-corrected chi connectivity index (χ2v) is 19.2. The molecule has 0 spiro atoms. The number of rotatable bonds is 36. The van der Waals surface area contributed by atoms with Crippen molar-refractivity contribution in [2.45, 2.75) is 196 Å². The Morgan fingerprint density at radius 3 is 0.700 bits per heavy atom. The topological polar surface area (TPSA) is 55.4 Å². The van der Waals surface area contributed by atoms with E-state index in [2.05, 4.69) is 88.9 Å². The molecule has 434 valence electrons. The van der Waals surface area contributed by atoms with Gasteiger partial charge >= 0.3 is 42.1 Å². The predicted molar refractivity (Wildman–Crippen MR) is 322 cm³/mol. The second-order valence-electron chi connectivity index (χ2n) is 19.2. The first-order chi connectivity index (χ1) is 38.3. The first-order valence-electron chi connectivity index (χ1n) is 29.4. The predicted octanol–water partition coefficient (Wildman–Crippen LogP) is 18.0. The van der Waals surface area contributed by atoms with Crippen LogP contribution >= 0.6 is 0 Å². The number of hydrogen-bond donors (Lipinski definition) is 0. The van der Waals surface area contributed by atoms with Crippen molar-refractivity contribution in [3.05, 3.63) is 132 Å². The standard InChI is InChI=1S/2C26H41O3.C20H8.2Pt/c2*1-5-9-12-15-18-27-24-21-23(8-4)22-25(28-19-16-13-10-6-2)26(24)29-20-17-14-11-7-3;1-3-17-9-13-19(14-10-17)7-5-6-8-20-15-11-18(4-2)12-16-20;;/h2*21-22H,5-7,9-20H2,1-3H3;9-16H;;/q2*-1;-2;2*+2. The summed E-state index contributed by atoms with van der Waals surface area (Å²) in [5.41, 5.74) is 4.49. The molecule has 0 atom stereocenters. The van der Waals surface area contributed by atoms with Gasteiger partial charge in [0.15, 0.2) is 11.5 Å². The van der Waals surface area contributed by atoms with Crippen molar-refractivity contribution in [3.8, 4) is 81.9 Å². The van der Waals surface area contributed by atoms with E-state index in [1.807, 2.05) is 48.5 Å². The molecule has 6 nitrogen and oxygen atoms in total. The van der Waals surface area contributed by atoms with Crippen molar-refractivity contribution in [2.75, 3.05) is 39.6 Å². The molecule has 0 heterocycles. The largest absolute Gasteiger partial charge is 2.00 e. The molecule has 80 heavy (non-hydrogen) atoms. The van der Waals surface area contributed by atoms with Gasteiger partial charge in [0.05, 0.1) is 39.6 Å². The van der Waals surface area contributed by atoms with E-state index in [4.69, 9.17) is 54.1 Å². The molecule has 8 heteroatoms. The third-order valence-electron chi connectivity index (χ3n) is 12.4. The third kappa shape index (κ3) is 34.5. The van der Waals surface area contributed by atoms with E-state index in [-0.39, 0.29) is 42.1 Å². The molecule has 4 aromatic rings. The third-order valence-corrected chi connectivity index (χ3v) is 12.4. The van der Waals surface area contributed by atoms with Gasteiger partial charge in [-0.1, -0.05) is 217 Å². The molecule has 4 rings (SSSR count). The van der Waals surface area contributed by atoms with Crippen molar-refractivity contribution in [3.63, 3.8) is 0 Å². The summed E-state index contributed by atoms with van der Waals surface area (Å²) in [6, 6.07) is 21.9.